The zero-order valence-electron chi connectivity index (χ0n) is 17.5. The van der Waals surface area contributed by atoms with Crippen LogP contribution < -0.4 is 10.1 Å². The lowest BCUT2D eigenvalue weighted by Gasteiger charge is -2.26. The second kappa shape index (κ2) is 10.5. The molecule has 0 unspecified atom stereocenters. The number of ether oxygens (including phenoxy) is 1. The van der Waals surface area contributed by atoms with Crippen LogP contribution in [0.25, 0.3) is 0 Å². The van der Waals surface area contributed by atoms with Crippen molar-refractivity contribution in [2.75, 3.05) is 36.5 Å². The van der Waals surface area contributed by atoms with Crippen molar-refractivity contribution in [1.82, 2.24) is 15.0 Å². The molecular weight excluding hydrogens is 412 g/mol. The molecule has 1 amide bonds. The van der Waals surface area contributed by atoms with Gasteiger partial charge in [-0.05, 0) is 48.4 Å². The number of carbonyl (C=O) groups is 1. The third kappa shape index (κ3) is 6.32. The van der Waals surface area contributed by atoms with E-state index < -0.39 is 0 Å². The summed E-state index contributed by atoms with van der Waals surface area (Å²) < 4.78 is 10.5. The predicted molar refractivity (Wildman–Crippen MR) is 122 cm³/mol. The van der Waals surface area contributed by atoms with Crippen LogP contribution in [0.15, 0.2) is 53.1 Å². The molecule has 0 bridgehead atoms. The summed E-state index contributed by atoms with van der Waals surface area (Å²) in [6, 6.07) is 15.1. The number of thioether (sulfide) groups is 1. The fourth-order valence-corrected chi connectivity index (χ4v) is 4.30. The van der Waals surface area contributed by atoms with Gasteiger partial charge in [0.25, 0.3) is 5.91 Å². The van der Waals surface area contributed by atoms with Gasteiger partial charge in [-0.15, -0.1) is 0 Å². The van der Waals surface area contributed by atoms with Gasteiger partial charge in [0.05, 0.1) is 0 Å². The second-order valence-electron chi connectivity index (χ2n) is 7.40. The van der Waals surface area contributed by atoms with Gasteiger partial charge in [0.15, 0.2) is 6.61 Å². The number of aryl methyl sites for hydroxylation is 1. The summed E-state index contributed by atoms with van der Waals surface area (Å²) in [5, 5.41) is 6.73. The molecule has 3 aromatic rings. The van der Waals surface area contributed by atoms with Gasteiger partial charge in [-0.1, -0.05) is 17.3 Å². The van der Waals surface area contributed by atoms with Crippen LogP contribution in [0.3, 0.4) is 0 Å². The maximum Gasteiger partial charge on any atom is 0.255 e. The van der Waals surface area contributed by atoms with Crippen LogP contribution in [0, 0.1) is 6.92 Å². The molecule has 0 atom stereocenters. The van der Waals surface area contributed by atoms with Crippen molar-refractivity contribution in [3.8, 4) is 5.75 Å². The number of nitrogens with zero attached hydrogens (tertiary/aromatic N) is 3. The molecule has 31 heavy (non-hydrogen) atoms. The van der Waals surface area contributed by atoms with E-state index in [-0.39, 0.29) is 12.5 Å². The van der Waals surface area contributed by atoms with E-state index >= 15 is 0 Å². The van der Waals surface area contributed by atoms with E-state index in [1.807, 2.05) is 23.9 Å². The predicted octanol–water partition coefficient (Wildman–Crippen LogP) is 3.80. The quantitative estimate of drug-likeness (QED) is 0.573. The third-order valence-electron chi connectivity index (χ3n) is 5.09. The highest BCUT2D eigenvalue weighted by Crippen LogP contribution is 2.17. The van der Waals surface area contributed by atoms with Gasteiger partial charge >= 0.3 is 0 Å². The summed E-state index contributed by atoms with van der Waals surface area (Å²) in [5.74, 6) is 3.93. The highest BCUT2D eigenvalue weighted by atomic mass is 32.2. The molecular formula is C23H26N4O3S. The van der Waals surface area contributed by atoms with Gasteiger partial charge in [-0.2, -0.15) is 16.7 Å². The molecule has 0 saturated carbocycles. The molecule has 1 aliphatic rings. The minimum atomic E-state index is -0.154. The van der Waals surface area contributed by atoms with Crippen LogP contribution in [0.1, 0.15) is 27.6 Å². The van der Waals surface area contributed by atoms with E-state index in [0.717, 1.165) is 18.7 Å². The number of aromatic nitrogens is 2. The minimum absolute atomic E-state index is 0.154. The van der Waals surface area contributed by atoms with Gasteiger partial charge in [0.2, 0.25) is 11.7 Å². The topological polar surface area (TPSA) is 80.5 Å². The van der Waals surface area contributed by atoms with Crippen molar-refractivity contribution in [3.63, 3.8) is 0 Å². The largest absolute Gasteiger partial charge is 0.485 e. The molecule has 0 spiro atoms. The minimum Gasteiger partial charge on any atom is -0.485 e. The van der Waals surface area contributed by atoms with Crippen molar-refractivity contribution in [2.24, 2.45) is 0 Å². The average Bonchev–Trinajstić information content (AvgIpc) is 3.23. The Kier molecular flexibility index (Phi) is 7.22. The zero-order valence-corrected chi connectivity index (χ0v) is 18.4. The van der Waals surface area contributed by atoms with Gasteiger partial charge in [-0.3, -0.25) is 4.79 Å². The van der Waals surface area contributed by atoms with Crippen molar-refractivity contribution < 1.29 is 14.1 Å². The lowest BCUT2D eigenvalue weighted by atomic mass is 10.1. The van der Waals surface area contributed by atoms with Crippen LogP contribution in [0.2, 0.25) is 0 Å². The van der Waals surface area contributed by atoms with Gasteiger partial charge in [0, 0.05) is 49.3 Å². The zero-order chi connectivity index (χ0) is 21.5. The number of benzene rings is 2. The Balaban J connectivity index is 1.25. The normalized spacial score (nSPS) is 14.4. The van der Waals surface area contributed by atoms with E-state index in [9.17, 15) is 4.79 Å². The van der Waals surface area contributed by atoms with Gasteiger partial charge in [-0.25, -0.2) is 0 Å². The number of nitrogens with one attached hydrogen (secondary N) is 1. The monoisotopic (exact) mass is 438 g/mol. The maximum absolute atomic E-state index is 12.5. The number of rotatable bonds is 8. The van der Waals surface area contributed by atoms with Crippen LogP contribution in [0.5, 0.6) is 5.75 Å². The first-order chi connectivity index (χ1) is 15.2. The first-order valence-corrected chi connectivity index (χ1v) is 11.5. The number of hydrogen-bond acceptors (Lipinski definition) is 7. The summed E-state index contributed by atoms with van der Waals surface area (Å²) in [4.78, 5) is 19.1. The Hall–Kier alpha value is -2.84. The van der Waals surface area contributed by atoms with Crippen LogP contribution in [-0.4, -0.2) is 52.1 Å². The SMILES string of the molecule is Cc1nc(COc2ccc(C(=O)Nc3ccc(CCN4CCSCC4)cc3)cc2)no1. The molecule has 0 aliphatic carbocycles. The number of anilines is 1. The Morgan fingerprint density at radius 1 is 1.13 bits per heavy atom. The van der Waals surface area contributed by atoms with Gasteiger partial charge in [0.1, 0.15) is 5.75 Å². The van der Waals surface area contributed by atoms with E-state index in [2.05, 4.69) is 32.5 Å². The summed E-state index contributed by atoms with van der Waals surface area (Å²) in [5.41, 5.74) is 2.64. The molecule has 2 heterocycles. The van der Waals surface area contributed by atoms with Gasteiger partial charge < -0.3 is 19.5 Å². The van der Waals surface area contributed by atoms with Crippen molar-refractivity contribution >= 4 is 23.4 Å². The van der Waals surface area contributed by atoms with Crippen molar-refractivity contribution in [3.05, 3.63) is 71.4 Å². The molecule has 162 valence electrons. The molecule has 7 nitrogen and oxygen atoms in total. The van der Waals surface area contributed by atoms with Crippen molar-refractivity contribution in [1.29, 1.82) is 0 Å². The molecule has 2 aromatic carbocycles. The Morgan fingerprint density at radius 2 is 1.87 bits per heavy atom. The fourth-order valence-electron chi connectivity index (χ4n) is 3.32. The summed E-state index contributed by atoms with van der Waals surface area (Å²) in [6.45, 7) is 5.39. The molecule has 1 N–H and O–H groups in total. The fraction of sp³-hybridized carbons (Fsp3) is 0.348. The first kappa shape index (κ1) is 21.4. The van der Waals surface area contributed by atoms with E-state index in [0.29, 0.717) is 23.0 Å². The number of carbonyl (C=O) groups excluding carboxylic acids is 1. The number of amides is 1. The van der Waals surface area contributed by atoms with Crippen molar-refractivity contribution in [2.45, 2.75) is 20.0 Å². The second-order valence-corrected chi connectivity index (χ2v) is 8.62. The van der Waals surface area contributed by atoms with E-state index in [1.54, 1.807) is 31.2 Å². The molecule has 4 rings (SSSR count). The Bertz CT molecular complexity index is 983. The highest BCUT2D eigenvalue weighted by Gasteiger charge is 2.11. The van der Waals surface area contributed by atoms with Crippen LogP contribution in [0.4, 0.5) is 5.69 Å². The highest BCUT2D eigenvalue weighted by molar-refractivity contribution is 7.99. The molecule has 1 saturated heterocycles. The molecule has 0 radical (unpaired) electrons. The summed E-state index contributed by atoms with van der Waals surface area (Å²) >= 11 is 2.03. The van der Waals surface area contributed by atoms with E-state index in [1.165, 1.54) is 30.2 Å². The first-order valence-electron chi connectivity index (χ1n) is 10.4. The molecule has 1 aliphatic heterocycles. The smallest absolute Gasteiger partial charge is 0.255 e. The average molecular weight is 439 g/mol. The summed E-state index contributed by atoms with van der Waals surface area (Å²) in [6.07, 6.45) is 1.03. The summed E-state index contributed by atoms with van der Waals surface area (Å²) in [7, 11) is 0. The number of hydrogen-bond donors (Lipinski definition) is 1. The standard InChI is InChI=1S/C23H26N4O3S/c1-17-24-22(26-30-17)16-29-21-8-4-19(5-9-21)23(28)25-20-6-2-18(3-7-20)10-11-27-12-14-31-15-13-27/h2-9H,10-16H2,1H3,(H,25,28). The lowest BCUT2D eigenvalue weighted by molar-refractivity contribution is 0.102. The van der Waals surface area contributed by atoms with E-state index in [4.69, 9.17) is 9.26 Å². The molecule has 1 aromatic heterocycles. The lowest BCUT2D eigenvalue weighted by Crippen LogP contribution is -2.34. The van der Waals surface area contributed by atoms with Crippen LogP contribution >= 0.6 is 11.8 Å². The Morgan fingerprint density at radius 3 is 2.55 bits per heavy atom. The Labute approximate surface area is 186 Å². The maximum atomic E-state index is 12.5. The van der Waals surface area contributed by atoms with Crippen LogP contribution in [-0.2, 0) is 13.0 Å². The molecule has 1 fully saturated rings. The molecule has 8 heteroatoms. The third-order valence-corrected chi connectivity index (χ3v) is 6.03.